The SMILES string of the molecule is CC(=O)SC/C(=C\c1ccc(-c2ccccc2)cc1)C(=O)NCCC(=O)OCc1ccccc1. The lowest BCUT2D eigenvalue weighted by molar-refractivity contribution is -0.144. The lowest BCUT2D eigenvalue weighted by Gasteiger charge is -2.09. The van der Waals surface area contributed by atoms with Crippen LogP contribution < -0.4 is 5.32 Å². The third kappa shape index (κ3) is 8.37. The van der Waals surface area contributed by atoms with Gasteiger partial charge in [-0.2, -0.15) is 0 Å². The van der Waals surface area contributed by atoms with Crippen LogP contribution in [0.15, 0.2) is 90.5 Å². The fourth-order valence-corrected chi connectivity index (χ4v) is 3.73. The highest BCUT2D eigenvalue weighted by atomic mass is 32.2. The molecule has 0 fully saturated rings. The van der Waals surface area contributed by atoms with Crippen LogP contribution >= 0.6 is 11.8 Å². The van der Waals surface area contributed by atoms with Crippen molar-refractivity contribution in [2.24, 2.45) is 0 Å². The molecule has 174 valence electrons. The van der Waals surface area contributed by atoms with Crippen LogP contribution in [0.1, 0.15) is 24.5 Å². The number of benzene rings is 3. The molecule has 1 N–H and O–H groups in total. The maximum atomic E-state index is 12.8. The average Bonchev–Trinajstić information content (AvgIpc) is 2.86. The summed E-state index contributed by atoms with van der Waals surface area (Å²) in [6, 6.07) is 27.3. The van der Waals surface area contributed by atoms with Crippen molar-refractivity contribution in [2.45, 2.75) is 20.0 Å². The van der Waals surface area contributed by atoms with Gasteiger partial charge in [0.1, 0.15) is 6.61 Å². The van der Waals surface area contributed by atoms with Gasteiger partial charge in [0.2, 0.25) is 5.91 Å². The molecule has 0 saturated heterocycles. The number of rotatable bonds is 10. The number of carbonyl (C=O) groups excluding carboxylic acids is 3. The zero-order valence-electron chi connectivity index (χ0n) is 19.0. The number of esters is 1. The first-order valence-electron chi connectivity index (χ1n) is 11.0. The van der Waals surface area contributed by atoms with Crippen molar-refractivity contribution in [3.8, 4) is 11.1 Å². The molecule has 6 heteroatoms. The Labute approximate surface area is 204 Å². The summed E-state index contributed by atoms with van der Waals surface area (Å²) in [5.74, 6) is -0.443. The van der Waals surface area contributed by atoms with E-state index in [1.165, 1.54) is 6.92 Å². The van der Waals surface area contributed by atoms with Gasteiger partial charge in [0, 0.05) is 24.8 Å². The van der Waals surface area contributed by atoms with Crippen molar-refractivity contribution in [1.29, 1.82) is 0 Å². The van der Waals surface area contributed by atoms with E-state index in [0.29, 0.717) is 5.57 Å². The highest BCUT2D eigenvalue weighted by molar-refractivity contribution is 8.13. The highest BCUT2D eigenvalue weighted by Crippen LogP contribution is 2.21. The van der Waals surface area contributed by atoms with Crippen molar-refractivity contribution in [1.82, 2.24) is 5.32 Å². The van der Waals surface area contributed by atoms with Crippen molar-refractivity contribution >= 4 is 34.8 Å². The second-order valence-electron chi connectivity index (χ2n) is 7.59. The standard InChI is InChI=1S/C28H27NO4S/c1-21(30)34-20-26(18-22-12-14-25(15-13-22)24-10-6-3-7-11-24)28(32)29-17-16-27(31)33-19-23-8-4-2-5-9-23/h2-15,18H,16-17,19-20H2,1H3,(H,29,32)/b26-18+. The molecular weight excluding hydrogens is 446 g/mol. The van der Waals surface area contributed by atoms with E-state index < -0.39 is 0 Å². The highest BCUT2D eigenvalue weighted by Gasteiger charge is 2.12. The number of ether oxygens (including phenoxy) is 1. The first-order chi connectivity index (χ1) is 16.5. The Balaban J connectivity index is 1.57. The Morgan fingerprint density at radius 2 is 1.47 bits per heavy atom. The molecule has 0 atom stereocenters. The molecule has 1 amide bonds. The largest absolute Gasteiger partial charge is 0.461 e. The Bertz CT molecular complexity index is 1130. The summed E-state index contributed by atoms with van der Waals surface area (Å²) < 4.78 is 5.24. The summed E-state index contributed by atoms with van der Waals surface area (Å²) in [5, 5.41) is 2.69. The summed E-state index contributed by atoms with van der Waals surface area (Å²) >= 11 is 1.07. The van der Waals surface area contributed by atoms with E-state index in [1.54, 1.807) is 6.08 Å². The zero-order chi connectivity index (χ0) is 24.2. The van der Waals surface area contributed by atoms with Gasteiger partial charge >= 0.3 is 5.97 Å². The predicted octanol–water partition coefficient (Wildman–Crippen LogP) is 5.27. The molecule has 0 aromatic heterocycles. The van der Waals surface area contributed by atoms with Crippen LogP contribution in [-0.4, -0.2) is 29.3 Å². The van der Waals surface area contributed by atoms with E-state index in [-0.39, 0.29) is 42.3 Å². The maximum Gasteiger partial charge on any atom is 0.307 e. The van der Waals surface area contributed by atoms with E-state index in [0.717, 1.165) is 34.0 Å². The lowest BCUT2D eigenvalue weighted by Crippen LogP contribution is -2.28. The van der Waals surface area contributed by atoms with Crippen molar-refractivity contribution in [3.63, 3.8) is 0 Å². The summed E-state index contributed by atoms with van der Waals surface area (Å²) in [6.07, 6.45) is 1.84. The monoisotopic (exact) mass is 473 g/mol. The van der Waals surface area contributed by atoms with Gasteiger partial charge in [0.25, 0.3) is 0 Å². The van der Waals surface area contributed by atoms with Crippen LogP contribution in [-0.2, 0) is 25.7 Å². The first kappa shape index (κ1) is 25.0. The van der Waals surface area contributed by atoms with E-state index in [4.69, 9.17) is 4.74 Å². The third-order valence-corrected chi connectivity index (χ3v) is 5.80. The normalized spacial score (nSPS) is 11.0. The van der Waals surface area contributed by atoms with E-state index in [2.05, 4.69) is 5.32 Å². The number of hydrogen-bond donors (Lipinski definition) is 1. The molecule has 34 heavy (non-hydrogen) atoms. The Morgan fingerprint density at radius 3 is 2.12 bits per heavy atom. The molecule has 3 aromatic carbocycles. The molecule has 5 nitrogen and oxygen atoms in total. The van der Waals surface area contributed by atoms with Gasteiger partial charge in [-0.15, -0.1) is 0 Å². The van der Waals surface area contributed by atoms with Gasteiger partial charge in [-0.3, -0.25) is 14.4 Å². The van der Waals surface area contributed by atoms with E-state index in [1.807, 2.05) is 84.9 Å². The van der Waals surface area contributed by atoms with Crippen LogP contribution in [0.5, 0.6) is 0 Å². The van der Waals surface area contributed by atoms with Gasteiger partial charge in [0.05, 0.1) is 6.42 Å². The fraction of sp³-hybridized carbons (Fsp3) is 0.179. The minimum atomic E-state index is -0.385. The van der Waals surface area contributed by atoms with Crippen LogP contribution in [0.25, 0.3) is 17.2 Å². The van der Waals surface area contributed by atoms with Gasteiger partial charge in [-0.25, -0.2) is 0 Å². The fourth-order valence-electron chi connectivity index (χ4n) is 3.16. The summed E-state index contributed by atoms with van der Waals surface area (Å²) in [4.78, 5) is 36.2. The lowest BCUT2D eigenvalue weighted by atomic mass is 10.0. The quantitative estimate of drug-likeness (QED) is 0.321. The van der Waals surface area contributed by atoms with Gasteiger partial charge < -0.3 is 10.1 Å². The zero-order valence-corrected chi connectivity index (χ0v) is 19.8. The minimum absolute atomic E-state index is 0.0669. The average molecular weight is 474 g/mol. The molecule has 3 aromatic rings. The maximum absolute atomic E-state index is 12.8. The van der Waals surface area contributed by atoms with E-state index in [9.17, 15) is 14.4 Å². The Morgan fingerprint density at radius 1 is 0.853 bits per heavy atom. The molecule has 0 unspecified atom stereocenters. The second-order valence-corrected chi connectivity index (χ2v) is 8.74. The van der Waals surface area contributed by atoms with Crippen LogP contribution in [0, 0.1) is 0 Å². The van der Waals surface area contributed by atoms with Gasteiger partial charge in [0.15, 0.2) is 5.12 Å². The third-order valence-electron chi connectivity index (χ3n) is 4.94. The molecule has 0 radical (unpaired) electrons. The predicted molar refractivity (Wildman–Crippen MR) is 137 cm³/mol. The Hall–Kier alpha value is -3.64. The van der Waals surface area contributed by atoms with Crippen molar-refractivity contribution in [3.05, 3.63) is 102 Å². The molecule has 0 aliphatic carbocycles. The molecule has 0 saturated carbocycles. The van der Waals surface area contributed by atoms with Gasteiger partial charge in [-0.05, 0) is 28.3 Å². The van der Waals surface area contributed by atoms with E-state index >= 15 is 0 Å². The molecule has 0 spiro atoms. The number of hydrogen-bond acceptors (Lipinski definition) is 5. The van der Waals surface area contributed by atoms with Crippen molar-refractivity contribution in [2.75, 3.05) is 12.3 Å². The Kier molecular flexibility index (Phi) is 9.67. The van der Waals surface area contributed by atoms with Crippen LogP contribution in [0.4, 0.5) is 0 Å². The smallest absolute Gasteiger partial charge is 0.307 e. The molecule has 3 rings (SSSR count). The molecular formula is C28H27NO4S. The van der Waals surface area contributed by atoms with Crippen molar-refractivity contribution < 1.29 is 19.1 Å². The summed E-state index contributed by atoms with van der Waals surface area (Å²) in [6.45, 7) is 1.83. The first-order valence-corrected chi connectivity index (χ1v) is 12.0. The topological polar surface area (TPSA) is 72.5 Å². The minimum Gasteiger partial charge on any atom is -0.461 e. The summed E-state index contributed by atoms with van der Waals surface area (Å²) in [5.41, 5.74) is 4.42. The van der Waals surface area contributed by atoms with Gasteiger partial charge in [-0.1, -0.05) is 96.7 Å². The summed E-state index contributed by atoms with van der Waals surface area (Å²) in [7, 11) is 0. The number of carbonyl (C=O) groups is 3. The molecule has 0 aliphatic rings. The van der Waals surface area contributed by atoms with Crippen LogP contribution in [0.2, 0.25) is 0 Å². The number of amides is 1. The second kappa shape index (κ2) is 13.2. The molecule has 0 aliphatic heterocycles. The molecule has 0 bridgehead atoms. The van der Waals surface area contributed by atoms with Crippen LogP contribution in [0.3, 0.4) is 0 Å². The number of nitrogens with one attached hydrogen (secondary N) is 1. The molecule has 0 heterocycles. The number of thioether (sulfide) groups is 1.